The second-order valence-corrected chi connectivity index (χ2v) is 8.30. The maximum atomic E-state index is 13.1. The van der Waals surface area contributed by atoms with Crippen molar-refractivity contribution in [2.75, 3.05) is 31.2 Å². The van der Waals surface area contributed by atoms with E-state index in [1.165, 1.54) is 11.3 Å². The molecule has 4 rings (SSSR count). The summed E-state index contributed by atoms with van der Waals surface area (Å²) in [6.07, 6.45) is 0. The van der Waals surface area contributed by atoms with E-state index in [2.05, 4.69) is 21.3 Å². The number of carbonyl (C=O) groups excluding carboxylic acids is 1. The topological polar surface area (TPSA) is 54.5 Å². The summed E-state index contributed by atoms with van der Waals surface area (Å²) < 4.78 is 5.41. The molecule has 3 aromatic rings. The minimum atomic E-state index is -0.160. The van der Waals surface area contributed by atoms with Gasteiger partial charge in [0.25, 0.3) is 5.91 Å². The molecule has 1 aromatic carbocycles. The summed E-state index contributed by atoms with van der Waals surface area (Å²) in [5, 5.41) is 6.14. The van der Waals surface area contributed by atoms with Crippen LogP contribution in [0.3, 0.4) is 0 Å². The molecular formula is C20H21N3O2S2. The molecule has 1 amide bonds. The van der Waals surface area contributed by atoms with Crippen LogP contribution < -0.4 is 10.2 Å². The molecule has 140 valence electrons. The number of aromatic nitrogens is 1. The molecule has 0 aliphatic carbocycles. The van der Waals surface area contributed by atoms with Crippen molar-refractivity contribution in [1.82, 2.24) is 10.3 Å². The predicted molar refractivity (Wildman–Crippen MR) is 110 cm³/mol. The van der Waals surface area contributed by atoms with Crippen LogP contribution in [0.15, 0.2) is 47.8 Å². The van der Waals surface area contributed by atoms with Crippen LogP contribution in [-0.2, 0) is 4.74 Å². The number of benzene rings is 1. The number of rotatable bonds is 5. The highest BCUT2D eigenvalue weighted by Crippen LogP contribution is 2.30. The van der Waals surface area contributed by atoms with Gasteiger partial charge in [-0.05, 0) is 23.9 Å². The molecule has 1 unspecified atom stereocenters. The average Bonchev–Trinajstić information content (AvgIpc) is 3.37. The monoisotopic (exact) mass is 399 g/mol. The van der Waals surface area contributed by atoms with E-state index in [-0.39, 0.29) is 11.9 Å². The van der Waals surface area contributed by atoms with E-state index < -0.39 is 0 Å². The second-order valence-electron chi connectivity index (χ2n) is 6.34. The van der Waals surface area contributed by atoms with E-state index in [4.69, 9.17) is 4.74 Å². The van der Waals surface area contributed by atoms with Crippen molar-refractivity contribution in [2.24, 2.45) is 0 Å². The van der Waals surface area contributed by atoms with Crippen molar-refractivity contribution in [3.8, 4) is 0 Å². The van der Waals surface area contributed by atoms with Crippen LogP contribution in [0, 0.1) is 6.92 Å². The molecule has 1 saturated heterocycles. The van der Waals surface area contributed by atoms with Crippen molar-refractivity contribution in [2.45, 2.75) is 13.0 Å². The van der Waals surface area contributed by atoms with Gasteiger partial charge in [-0.2, -0.15) is 0 Å². The van der Waals surface area contributed by atoms with Gasteiger partial charge in [0.2, 0.25) is 0 Å². The predicted octanol–water partition coefficient (Wildman–Crippen LogP) is 3.87. The Bertz CT molecular complexity index is 887. The number of thiazole rings is 1. The Morgan fingerprint density at radius 2 is 1.96 bits per heavy atom. The van der Waals surface area contributed by atoms with Gasteiger partial charge in [0.05, 0.1) is 24.9 Å². The van der Waals surface area contributed by atoms with E-state index in [1.54, 1.807) is 11.3 Å². The van der Waals surface area contributed by atoms with Crippen LogP contribution >= 0.6 is 22.7 Å². The van der Waals surface area contributed by atoms with Gasteiger partial charge < -0.3 is 15.0 Å². The van der Waals surface area contributed by atoms with Crippen molar-refractivity contribution < 1.29 is 9.53 Å². The van der Waals surface area contributed by atoms with Crippen LogP contribution in [-0.4, -0.2) is 37.2 Å². The highest BCUT2D eigenvalue weighted by molar-refractivity contribution is 7.17. The number of nitrogens with one attached hydrogen (secondary N) is 1. The lowest BCUT2D eigenvalue weighted by atomic mass is 10.1. The minimum Gasteiger partial charge on any atom is -0.378 e. The fourth-order valence-electron chi connectivity index (χ4n) is 3.10. The van der Waals surface area contributed by atoms with Crippen LogP contribution in [0.25, 0.3) is 0 Å². The molecule has 0 saturated carbocycles. The summed E-state index contributed by atoms with van der Waals surface area (Å²) in [7, 11) is 0. The van der Waals surface area contributed by atoms with Crippen molar-refractivity contribution in [3.63, 3.8) is 0 Å². The number of ether oxygens (including phenoxy) is 1. The molecule has 0 radical (unpaired) electrons. The third-order valence-electron chi connectivity index (χ3n) is 4.51. The van der Waals surface area contributed by atoms with Gasteiger partial charge in [-0.3, -0.25) is 4.79 Å². The van der Waals surface area contributed by atoms with E-state index >= 15 is 0 Å². The Kier molecular flexibility index (Phi) is 5.52. The number of morpholine rings is 1. The van der Waals surface area contributed by atoms with Crippen molar-refractivity contribution in [3.05, 3.63) is 68.9 Å². The zero-order valence-corrected chi connectivity index (χ0v) is 16.7. The molecule has 7 heteroatoms. The summed E-state index contributed by atoms with van der Waals surface area (Å²) in [5.41, 5.74) is 1.85. The molecule has 0 bridgehead atoms. The Morgan fingerprint density at radius 1 is 1.19 bits per heavy atom. The molecule has 1 N–H and O–H groups in total. The largest absolute Gasteiger partial charge is 0.378 e. The van der Waals surface area contributed by atoms with Gasteiger partial charge in [-0.1, -0.05) is 47.7 Å². The highest BCUT2D eigenvalue weighted by atomic mass is 32.1. The van der Waals surface area contributed by atoms with E-state index in [9.17, 15) is 4.79 Å². The maximum absolute atomic E-state index is 13.1. The molecule has 1 atom stereocenters. The molecule has 5 nitrogen and oxygen atoms in total. The zero-order valence-electron chi connectivity index (χ0n) is 15.1. The van der Waals surface area contributed by atoms with Crippen LogP contribution in [0.5, 0.6) is 0 Å². The lowest BCUT2D eigenvalue weighted by molar-refractivity contribution is 0.0947. The molecule has 0 spiro atoms. The summed E-state index contributed by atoms with van der Waals surface area (Å²) in [6.45, 7) is 4.94. The molecule has 1 aliphatic heterocycles. The Hall–Kier alpha value is -2.22. The van der Waals surface area contributed by atoms with Gasteiger partial charge >= 0.3 is 0 Å². The first-order valence-electron chi connectivity index (χ1n) is 8.91. The average molecular weight is 400 g/mol. The van der Waals surface area contributed by atoms with Gasteiger partial charge in [0.1, 0.15) is 4.88 Å². The van der Waals surface area contributed by atoms with Crippen molar-refractivity contribution in [1.29, 1.82) is 0 Å². The quantitative estimate of drug-likeness (QED) is 0.708. The fourth-order valence-corrected chi connectivity index (χ4v) is 4.92. The first-order valence-corrected chi connectivity index (χ1v) is 10.6. The van der Waals surface area contributed by atoms with Gasteiger partial charge in [-0.25, -0.2) is 4.98 Å². The smallest absolute Gasteiger partial charge is 0.264 e. The lowest BCUT2D eigenvalue weighted by Crippen LogP contribution is -2.36. The first-order chi connectivity index (χ1) is 13.2. The molecule has 1 aliphatic rings. The summed E-state index contributed by atoms with van der Waals surface area (Å²) >= 11 is 3.11. The standard InChI is InChI=1S/C20H21N3O2S2/c1-14-18(27-20(21-14)23-9-11-25-12-10-23)19(24)22-17(16-8-5-13-26-16)15-6-3-2-4-7-15/h2-8,13,17H,9-12H2,1H3,(H,22,24). The van der Waals surface area contributed by atoms with Gasteiger partial charge in [-0.15, -0.1) is 11.3 Å². The van der Waals surface area contributed by atoms with E-state index in [0.29, 0.717) is 18.1 Å². The zero-order chi connectivity index (χ0) is 18.6. The van der Waals surface area contributed by atoms with Crippen molar-refractivity contribution >= 4 is 33.7 Å². The number of nitrogens with zero attached hydrogens (tertiary/aromatic N) is 2. The number of carbonyl (C=O) groups is 1. The summed E-state index contributed by atoms with van der Waals surface area (Å²) in [4.78, 5) is 21.7. The molecule has 3 heterocycles. The van der Waals surface area contributed by atoms with Gasteiger partial charge in [0, 0.05) is 18.0 Å². The summed E-state index contributed by atoms with van der Waals surface area (Å²) in [6, 6.07) is 14.0. The molecular weight excluding hydrogens is 378 g/mol. The Balaban J connectivity index is 1.57. The van der Waals surface area contributed by atoms with Crippen LogP contribution in [0.4, 0.5) is 5.13 Å². The van der Waals surface area contributed by atoms with E-state index in [1.807, 2.05) is 48.7 Å². The van der Waals surface area contributed by atoms with Crippen LogP contribution in [0.2, 0.25) is 0 Å². The maximum Gasteiger partial charge on any atom is 0.264 e. The van der Waals surface area contributed by atoms with Crippen LogP contribution in [0.1, 0.15) is 31.8 Å². The number of thiophene rings is 1. The third-order valence-corrected chi connectivity index (χ3v) is 6.66. The Labute approximate surface area is 166 Å². The number of anilines is 1. The normalized spacial score (nSPS) is 15.5. The number of hydrogen-bond donors (Lipinski definition) is 1. The minimum absolute atomic E-state index is 0.0771. The second kappa shape index (κ2) is 8.21. The SMILES string of the molecule is Cc1nc(N2CCOCC2)sc1C(=O)NC(c1ccccc1)c1cccs1. The fraction of sp³-hybridized carbons (Fsp3) is 0.300. The number of hydrogen-bond acceptors (Lipinski definition) is 6. The Morgan fingerprint density at radius 3 is 2.67 bits per heavy atom. The lowest BCUT2D eigenvalue weighted by Gasteiger charge is -2.26. The number of aryl methyl sites for hydroxylation is 1. The third kappa shape index (κ3) is 4.05. The van der Waals surface area contributed by atoms with E-state index in [0.717, 1.165) is 34.4 Å². The number of amides is 1. The molecule has 1 fully saturated rings. The first kappa shape index (κ1) is 18.2. The van der Waals surface area contributed by atoms with Gasteiger partial charge in [0.15, 0.2) is 5.13 Å². The molecule has 27 heavy (non-hydrogen) atoms. The molecule has 2 aromatic heterocycles. The highest BCUT2D eigenvalue weighted by Gasteiger charge is 2.24. The summed E-state index contributed by atoms with van der Waals surface area (Å²) in [5.74, 6) is -0.0771.